The van der Waals surface area contributed by atoms with Crippen molar-refractivity contribution in [1.29, 1.82) is 0 Å². The molecule has 1 amide bonds. The molecule has 0 fully saturated rings. The first-order valence-electron chi connectivity index (χ1n) is 9.83. The highest BCUT2D eigenvalue weighted by Gasteiger charge is 2.12. The lowest BCUT2D eigenvalue weighted by Gasteiger charge is -2.02. The second-order valence-corrected chi connectivity index (χ2v) is 8.19. The largest absolute Gasteiger partial charge is 0.497 e. The monoisotopic (exact) mass is 429 g/mol. The van der Waals surface area contributed by atoms with Crippen molar-refractivity contribution in [1.82, 2.24) is 15.3 Å². The van der Waals surface area contributed by atoms with Gasteiger partial charge in [0.1, 0.15) is 16.3 Å². The number of thiazole rings is 1. The van der Waals surface area contributed by atoms with Gasteiger partial charge in [-0.3, -0.25) is 4.79 Å². The molecule has 2 heterocycles. The van der Waals surface area contributed by atoms with Crippen LogP contribution in [0.1, 0.15) is 26.8 Å². The van der Waals surface area contributed by atoms with Gasteiger partial charge in [0, 0.05) is 12.0 Å². The summed E-state index contributed by atoms with van der Waals surface area (Å²) >= 11 is 1.58. The molecule has 0 saturated carbocycles. The summed E-state index contributed by atoms with van der Waals surface area (Å²) in [6.45, 7) is 0.384. The summed E-state index contributed by atoms with van der Waals surface area (Å²) < 4.78 is 12.2. The Morgan fingerprint density at radius 2 is 1.87 bits per heavy atom. The van der Waals surface area contributed by atoms with Crippen LogP contribution in [0.4, 0.5) is 0 Å². The van der Waals surface area contributed by atoms with E-state index in [1.165, 1.54) is 0 Å². The van der Waals surface area contributed by atoms with E-state index in [1.54, 1.807) is 30.6 Å². The predicted molar refractivity (Wildman–Crippen MR) is 121 cm³/mol. The fraction of sp³-hybridized carbons (Fsp3) is 0.125. The van der Waals surface area contributed by atoms with Gasteiger partial charge in [0.15, 0.2) is 11.5 Å². The van der Waals surface area contributed by atoms with Gasteiger partial charge in [-0.1, -0.05) is 24.3 Å². The van der Waals surface area contributed by atoms with E-state index >= 15 is 0 Å². The molecule has 0 atom stereocenters. The summed E-state index contributed by atoms with van der Waals surface area (Å²) in [5, 5.41) is 3.81. The van der Waals surface area contributed by atoms with Crippen molar-refractivity contribution >= 4 is 38.6 Å². The molecule has 0 saturated heterocycles. The van der Waals surface area contributed by atoms with E-state index in [0.29, 0.717) is 30.0 Å². The molecule has 0 spiro atoms. The van der Waals surface area contributed by atoms with Gasteiger partial charge in [-0.15, -0.1) is 11.3 Å². The topological polar surface area (TPSA) is 77.2 Å². The van der Waals surface area contributed by atoms with E-state index in [-0.39, 0.29) is 5.91 Å². The Hall–Kier alpha value is -3.71. The van der Waals surface area contributed by atoms with E-state index in [1.807, 2.05) is 54.6 Å². The fourth-order valence-corrected chi connectivity index (χ4v) is 4.27. The third kappa shape index (κ3) is 4.13. The van der Waals surface area contributed by atoms with Crippen LogP contribution in [0.5, 0.6) is 5.75 Å². The zero-order chi connectivity index (χ0) is 21.2. The molecule has 154 valence electrons. The molecular weight excluding hydrogens is 410 g/mol. The highest BCUT2D eigenvalue weighted by molar-refractivity contribution is 7.18. The standard InChI is InChI=1S/C24H19N3O3S/c1-29-17-9-6-15(7-10-17)12-22-26-18-11-8-16(13-20(18)30-22)24(28)25-14-23-27-19-4-2-3-5-21(19)31-23/h2-11,13H,12,14H2,1H3,(H,25,28). The normalized spacial score (nSPS) is 11.1. The van der Waals surface area contributed by atoms with Crippen LogP contribution in [-0.2, 0) is 13.0 Å². The molecule has 5 aromatic rings. The summed E-state index contributed by atoms with van der Waals surface area (Å²) in [6, 6.07) is 21.0. The number of carbonyl (C=O) groups is 1. The number of carbonyl (C=O) groups excluding carboxylic acids is 1. The third-order valence-electron chi connectivity index (χ3n) is 4.95. The van der Waals surface area contributed by atoms with E-state index in [2.05, 4.69) is 15.3 Å². The smallest absolute Gasteiger partial charge is 0.251 e. The van der Waals surface area contributed by atoms with Crippen LogP contribution in [0.2, 0.25) is 0 Å². The van der Waals surface area contributed by atoms with Gasteiger partial charge in [-0.05, 0) is 48.0 Å². The molecule has 0 aliphatic carbocycles. The van der Waals surface area contributed by atoms with Crippen LogP contribution >= 0.6 is 11.3 Å². The maximum Gasteiger partial charge on any atom is 0.251 e. The number of hydrogen-bond acceptors (Lipinski definition) is 6. The first-order chi connectivity index (χ1) is 15.2. The number of nitrogens with one attached hydrogen (secondary N) is 1. The number of para-hydroxylation sites is 1. The van der Waals surface area contributed by atoms with Crippen LogP contribution in [0, 0.1) is 0 Å². The van der Waals surface area contributed by atoms with Crippen molar-refractivity contribution in [3.8, 4) is 5.75 Å². The summed E-state index contributed by atoms with van der Waals surface area (Å²) in [5.74, 6) is 1.24. The molecule has 5 rings (SSSR count). The molecule has 1 N–H and O–H groups in total. The molecule has 7 heteroatoms. The Morgan fingerprint density at radius 1 is 1.03 bits per heavy atom. The average molecular weight is 430 g/mol. The van der Waals surface area contributed by atoms with Gasteiger partial charge in [-0.2, -0.15) is 0 Å². The van der Waals surface area contributed by atoms with Crippen LogP contribution in [0.3, 0.4) is 0 Å². The molecule has 0 aliphatic heterocycles. The Balaban J connectivity index is 1.28. The van der Waals surface area contributed by atoms with Crippen molar-refractivity contribution in [3.63, 3.8) is 0 Å². The summed E-state index contributed by atoms with van der Waals surface area (Å²) in [6.07, 6.45) is 0.567. The number of amides is 1. The number of hydrogen-bond donors (Lipinski definition) is 1. The Labute approximate surface area is 182 Å². The number of rotatable bonds is 6. The number of methoxy groups -OCH3 is 1. The van der Waals surface area contributed by atoms with Gasteiger partial charge >= 0.3 is 0 Å². The summed E-state index contributed by atoms with van der Waals surface area (Å²) in [5.41, 5.74) is 3.87. The van der Waals surface area contributed by atoms with Gasteiger partial charge in [0.05, 0.1) is 23.9 Å². The third-order valence-corrected chi connectivity index (χ3v) is 5.98. The second-order valence-electron chi connectivity index (χ2n) is 7.07. The highest BCUT2D eigenvalue weighted by atomic mass is 32.1. The lowest BCUT2D eigenvalue weighted by molar-refractivity contribution is 0.0951. The Morgan fingerprint density at radius 3 is 2.68 bits per heavy atom. The molecule has 3 aromatic carbocycles. The van der Waals surface area contributed by atoms with Crippen LogP contribution in [0.25, 0.3) is 21.3 Å². The van der Waals surface area contributed by atoms with E-state index in [4.69, 9.17) is 9.15 Å². The lowest BCUT2D eigenvalue weighted by atomic mass is 10.1. The molecule has 0 unspecified atom stereocenters. The van der Waals surface area contributed by atoms with Crippen molar-refractivity contribution in [3.05, 3.63) is 88.8 Å². The minimum absolute atomic E-state index is 0.172. The molecule has 0 aliphatic rings. The number of ether oxygens (including phenoxy) is 1. The molecule has 0 bridgehead atoms. The van der Waals surface area contributed by atoms with Crippen LogP contribution < -0.4 is 10.1 Å². The Bertz CT molecular complexity index is 1340. The number of nitrogens with zero attached hydrogens (tertiary/aromatic N) is 2. The average Bonchev–Trinajstić information content (AvgIpc) is 3.40. The lowest BCUT2D eigenvalue weighted by Crippen LogP contribution is -2.22. The van der Waals surface area contributed by atoms with Crippen molar-refractivity contribution in [2.24, 2.45) is 0 Å². The van der Waals surface area contributed by atoms with E-state index in [0.717, 1.165) is 32.1 Å². The molecule has 6 nitrogen and oxygen atoms in total. The molecule has 0 radical (unpaired) electrons. The van der Waals surface area contributed by atoms with Crippen molar-refractivity contribution < 1.29 is 13.9 Å². The zero-order valence-electron chi connectivity index (χ0n) is 16.8. The van der Waals surface area contributed by atoms with Crippen LogP contribution in [0.15, 0.2) is 71.1 Å². The quantitative estimate of drug-likeness (QED) is 0.412. The second kappa shape index (κ2) is 8.20. The highest BCUT2D eigenvalue weighted by Crippen LogP contribution is 2.22. The minimum Gasteiger partial charge on any atom is -0.497 e. The van der Waals surface area contributed by atoms with Crippen molar-refractivity contribution in [2.45, 2.75) is 13.0 Å². The number of fused-ring (bicyclic) bond motifs is 2. The minimum atomic E-state index is -0.172. The number of aromatic nitrogens is 2. The molecule has 31 heavy (non-hydrogen) atoms. The molecule has 2 aromatic heterocycles. The van der Waals surface area contributed by atoms with Crippen molar-refractivity contribution in [2.75, 3.05) is 7.11 Å². The van der Waals surface area contributed by atoms with E-state index in [9.17, 15) is 4.79 Å². The first-order valence-corrected chi connectivity index (χ1v) is 10.6. The summed E-state index contributed by atoms with van der Waals surface area (Å²) in [7, 11) is 1.64. The summed E-state index contributed by atoms with van der Waals surface area (Å²) in [4.78, 5) is 21.7. The zero-order valence-corrected chi connectivity index (χ0v) is 17.6. The SMILES string of the molecule is COc1ccc(Cc2nc3ccc(C(=O)NCc4nc5ccccc5s4)cc3o2)cc1. The predicted octanol–water partition coefficient (Wildman–Crippen LogP) is 4.97. The maximum atomic E-state index is 12.6. The van der Waals surface area contributed by atoms with Gasteiger partial charge in [0.25, 0.3) is 5.91 Å². The first kappa shape index (κ1) is 19.3. The van der Waals surface area contributed by atoms with Gasteiger partial charge in [-0.25, -0.2) is 9.97 Å². The number of oxazole rings is 1. The number of benzene rings is 3. The maximum absolute atomic E-state index is 12.6. The fourth-order valence-electron chi connectivity index (χ4n) is 3.36. The Kier molecular flexibility index (Phi) is 5.09. The van der Waals surface area contributed by atoms with Gasteiger partial charge < -0.3 is 14.5 Å². The molecular formula is C24H19N3O3S. The van der Waals surface area contributed by atoms with E-state index < -0.39 is 0 Å². The van der Waals surface area contributed by atoms with Gasteiger partial charge in [0.2, 0.25) is 0 Å². The van der Waals surface area contributed by atoms with Crippen LogP contribution in [-0.4, -0.2) is 23.0 Å².